The smallest absolute Gasteiger partial charge is 0.322 e. The molecule has 1 amide bonds. The fourth-order valence-corrected chi connectivity index (χ4v) is 4.58. The van der Waals surface area contributed by atoms with Gasteiger partial charge in [-0.2, -0.15) is 0 Å². The number of halogens is 1. The van der Waals surface area contributed by atoms with E-state index in [1.54, 1.807) is 24.3 Å². The number of aromatic nitrogens is 1. The van der Waals surface area contributed by atoms with Crippen LogP contribution >= 0.6 is 22.9 Å². The summed E-state index contributed by atoms with van der Waals surface area (Å²) in [5.74, 6) is -1.73. The van der Waals surface area contributed by atoms with Crippen LogP contribution in [0.2, 0.25) is 5.02 Å². The summed E-state index contributed by atoms with van der Waals surface area (Å²) in [5.41, 5.74) is 1.20. The first kappa shape index (κ1) is 20.8. The Balaban J connectivity index is 1.72. The van der Waals surface area contributed by atoms with E-state index in [0.717, 1.165) is 16.9 Å². The fourth-order valence-electron chi connectivity index (χ4n) is 2.26. The Kier molecular flexibility index (Phi) is 6.16. The van der Waals surface area contributed by atoms with E-state index >= 15 is 0 Å². The third kappa shape index (κ3) is 5.31. The van der Waals surface area contributed by atoms with Crippen molar-refractivity contribution in [1.29, 1.82) is 0 Å². The van der Waals surface area contributed by atoms with Crippen LogP contribution in [-0.4, -0.2) is 36.9 Å². The van der Waals surface area contributed by atoms with Gasteiger partial charge in [-0.1, -0.05) is 23.7 Å². The zero-order chi connectivity index (χ0) is 21.0. The first-order valence-corrected chi connectivity index (χ1v) is 10.8. The van der Waals surface area contributed by atoms with Crippen LogP contribution in [0.25, 0.3) is 10.6 Å². The van der Waals surface area contributed by atoms with Crippen molar-refractivity contribution in [3.8, 4) is 10.6 Å². The number of carboxylic acids is 1. The molecule has 0 bridgehead atoms. The summed E-state index contributed by atoms with van der Waals surface area (Å²) >= 11 is 6.87. The molecule has 0 atom stereocenters. The van der Waals surface area contributed by atoms with Gasteiger partial charge >= 0.3 is 5.97 Å². The summed E-state index contributed by atoms with van der Waals surface area (Å²) in [6.07, 6.45) is 1.27. The van der Waals surface area contributed by atoms with Gasteiger partial charge in [0.2, 0.25) is 0 Å². The largest absolute Gasteiger partial charge is 0.480 e. The van der Waals surface area contributed by atoms with Crippen LogP contribution in [0.3, 0.4) is 0 Å². The number of sulfonamides is 1. The van der Waals surface area contributed by atoms with Gasteiger partial charge in [0.1, 0.15) is 11.6 Å². The molecule has 1 heterocycles. The summed E-state index contributed by atoms with van der Waals surface area (Å²) in [6.45, 7) is -0.505. The van der Waals surface area contributed by atoms with Gasteiger partial charge in [-0.25, -0.2) is 13.4 Å². The predicted molar refractivity (Wildman–Crippen MR) is 110 cm³/mol. The molecule has 3 aromatic rings. The predicted octanol–water partition coefficient (Wildman–Crippen LogP) is 3.08. The Bertz CT molecular complexity index is 1140. The molecule has 0 saturated heterocycles. The maximum absolute atomic E-state index is 12.6. The topological polar surface area (TPSA) is 125 Å². The van der Waals surface area contributed by atoms with Crippen LogP contribution in [0, 0.1) is 0 Å². The molecule has 0 aliphatic rings. The Morgan fingerprint density at radius 1 is 1.07 bits per heavy atom. The van der Waals surface area contributed by atoms with Crippen molar-refractivity contribution in [3.05, 3.63) is 65.3 Å². The van der Waals surface area contributed by atoms with Crippen LogP contribution in [0.15, 0.2) is 58.9 Å². The first-order valence-electron chi connectivity index (χ1n) is 8.09. The molecule has 0 aliphatic heterocycles. The van der Waals surface area contributed by atoms with Crippen molar-refractivity contribution in [3.63, 3.8) is 0 Å². The van der Waals surface area contributed by atoms with E-state index in [0.29, 0.717) is 10.0 Å². The van der Waals surface area contributed by atoms with E-state index in [9.17, 15) is 18.0 Å². The Morgan fingerprint density at radius 2 is 1.72 bits per heavy atom. The molecule has 0 spiro atoms. The normalized spacial score (nSPS) is 11.1. The molecule has 150 valence electrons. The lowest BCUT2D eigenvalue weighted by Crippen LogP contribution is -2.29. The molecular weight excluding hydrogens is 438 g/mol. The number of anilines is 1. The molecular formula is C18H14ClN3O5S2. The number of benzene rings is 2. The number of amides is 1. The van der Waals surface area contributed by atoms with Crippen molar-refractivity contribution >= 4 is 50.5 Å². The second-order valence-electron chi connectivity index (χ2n) is 5.75. The quantitative estimate of drug-likeness (QED) is 0.506. The highest BCUT2D eigenvalue weighted by Crippen LogP contribution is 2.29. The van der Waals surface area contributed by atoms with Crippen LogP contribution in [0.5, 0.6) is 0 Å². The number of hydrogen-bond acceptors (Lipinski definition) is 6. The molecule has 0 fully saturated rings. The minimum absolute atomic E-state index is 0.0331. The Labute approximate surface area is 175 Å². The zero-order valence-corrected chi connectivity index (χ0v) is 17.0. The SMILES string of the molecule is O=C(O)CNC(=O)c1ccc(NS(=O)(=O)c2cnc(-c3ccc(Cl)cc3)s2)cc1. The molecule has 8 nitrogen and oxygen atoms in total. The minimum Gasteiger partial charge on any atom is -0.480 e. The van der Waals surface area contributed by atoms with Gasteiger partial charge in [-0.3, -0.25) is 14.3 Å². The molecule has 29 heavy (non-hydrogen) atoms. The number of carboxylic acid groups (broad SMARTS) is 1. The molecule has 3 N–H and O–H groups in total. The maximum atomic E-state index is 12.6. The number of carbonyl (C=O) groups excluding carboxylic acids is 1. The van der Waals surface area contributed by atoms with E-state index in [4.69, 9.17) is 16.7 Å². The van der Waals surface area contributed by atoms with Gasteiger partial charge in [-0.15, -0.1) is 11.3 Å². The molecule has 2 aromatic carbocycles. The number of rotatable bonds is 7. The summed E-state index contributed by atoms with van der Waals surface area (Å²) < 4.78 is 27.6. The van der Waals surface area contributed by atoms with Gasteiger partial charge in [0.05, 0.1) is 6.20 Å². The van der Waals surface area contributed by atoms with Crippen molar-refractivity contribution in [1.82, 2.24) is 10.3 Å². The molecule has 0 aliphatic carbocycles. The lowest BCUT2D eigenvalue weighted by molar-refractivity contribution is -0.135. The van der Waals surface area contributed by atoms with Crippen LogP contribution in [-0.2, 0) is 14.8 Å². The number of thiazole rings is 1. The lowest BCUT2D eigenvalue weighted by Gasteiger charge is -2.07. The number of carbonyl (C=O) groups is 2. The van der Waals surface area contributed by atoms with Crippen molar-refractivity contribution in [2.75, 3.05) is 11.3 Å². The molecule has 0 radical (unpaired) electrons. The Hall–Kier alpha value is -2.95. The number of nitrogens with one attached hydrogen (secondary N) is 2. The highest BCUT2D eigenvalue weighted by Gasteiger charge is 2.19. The highest BCUT2D eigenvalue weighted by atomic mass is 35.5. The second-order valence-corrected chi connectivity index (χ2v) is 9.13. The zero-order valence-electron chi connectivity index (χ0n) is 14.6. The summed E-state index contributed by atoms with van der Waals surface area (Å²) in [5, 5.41) is 11.9. The molecule has 3 rings (SSSR count). The van der Waals surface area contributed by atoms with Crippen molar-refractivity contribution < 1.29 is 23.1 Å². The van der Waals surface area contributed by atoms with Gasteiger partial charge in [0.25, 0.3) is 15.9 Å². The average Bonchev–Trinajstić information content (AvgIpc) is 3.18. The van der Waals surface area contributed by atoms with Gasteiger partial charge in [0.15, 0.2) is 4.21 Å². The third-order valence-electron chi connectivity index (χ3n) is 3.64. The van der Waals surface area contributed by atoms with E-state index in [1.807, 2.05) is 0 Å². The van der Waals surface area contributed by atoms with Gasteiger partial charge in [0, 0.05) is 21.8 Å². The molecule has 0 unspecified atom stereocenters. The van der Waals surface area contributed by atoms with Crippen molar-refractivity contribution in [2.45, 2.75) is 4.21 Å². The number of aliphatic carboxylic acids is 1. The van der Waals surface area contributed by atoms with E-state index in [-0.39, 0.29) is 15.5 Å². The fraction of sp³-hybridized carbons (Fsp3) is 0.0556. The summed E-state index contributed by atoms with van der Waals surface area (Å²) in [7, 11) is -3.86. The van der Waals surface area contributed by atoms with Gasteiger partial charge in [-0.05, 0) is 36.4 Å². The van der Waals surface area contributed by atoms with Crippen molar-refractivity contribution in [2.24, 2.45) is 0 Å². The summed E-state index contributed by atoms with van der Waals surface area (Å²) in [6, 6.07) is 12.5. The number of nitrogens with zero attached hydrogens (tertiary/aromatic N) is 1. The molecule has 0 saturated carbocycles. The number of hydrogen-bond donors (Lipinski definition) is 3. The second kappa shape index (κ2) is 8.60. The highest BCUT2D eigenvalue weighted by molar-refractivity contribution is 7.94. The Morgan fingerprint density at radius 3 is 2.34 bits per heavy atom. The van der Waals surface area contributed by atoms with Gasteiger partial charge < -0.3 is 10.4 Å². The molecule has 1 aromatic heterocycles. The standard InChI is InChI=1S/C18H14ClN3O5S2/c19-13-5-1-12(2-6-13)18-21-10-16(28-18)29(26,27)22-14-7-3-11(4-8-14)17(25)20-9-15(23)24/h1-8,10,22H,9H2,(H,20,25)(H,23,24). The third-order valence-corrected chi connectivity index (χ3v) is 6.78. The minimum atomic E-state index is -3.86. The maximum Gasteiger partial charge on any atom is 0.322 e. The van der Waals surface area contributed by atoms with Crippen LogP contribution in [0.4, 0.5) is 5.69 Å². The van der Waals surface area contributed by atoms with E-state index < -0.39 is 28.4 Å². The monoisotopic (exact) mass is 451 g/mol. The average molecular weight is 452 g/mol. The lowest BCUT2D eigenvalue weighted by atomic mass is 10.2. The summed E-state index contributed by atoms with van der Waals surface area (Å²) in [4.78, 5) is 26.4. The van der Waals surface area contributed by atoms with E-state index in [1.165, 1.54) is 30.5 Å². The first-order chi connectivity index (χ1) is 13.7. The van der Waals surface area contributed by atoms with Crippen LogP contribution < -0.4 is 10.0 Å². The van der Waals surface area contributed by atoms with Crippen LogP contribution in [0.1, 0.15) is 10.4 Å². The molecule has 11 heteroatoms. The van der Waals surface area contributed by atoms with E-state index in [2.05, 4.69) is 15.0 Å².